The lowest BCUT2D eigenvalue weighted by atomic mass is 9.94. The first kappa shape index (κ1) is 17.8. The van der Waals surface area contributed by atoms with Gasteiger partial charge in [-0.25, -0.2) is 13.9 Å². The number of allylic oxidation sites excluding steroid dienone is 1. The van der Waals surface area contributed by atoms with Crippen molar-refractivity contribution in [2.24, 2.45) is 10.9 Å². The highest BCUT2D eigenvalue weighted by atomic mass is 32.2. The Hall–Kier alpha value is -2.03. The number of carbonyl (C=O) groups excluding carboxylic acids is 1. The van der Waals surface area contributed by atoms with Crippen LogP contribution in [0.25, 0.3) is 0 Å². The number of nitrogens with one attached hydrogen (secondary N) is 1. The minimum atomic E-state index is -3.47. The van der Waals surface area contributed by atoms with Crippen molar-refractivity contribution in [3.05, 3.63) is 42.5 Å². The molecule has 1 fully saturated rings. The summed E-state index contributed by atoms with van der Waals surface area (Å²) in [6.07, 6.45) is 5.42. The van der Waals surface area contributed by atoms with E-state index in [1.165, 1.54) is 4.31 Å². The first-order valence-electron chi connectivity index (χ1n) is 8.25. The second-order valence-electron chi connectivity index (χ2n) is 6.22. The van der Waals surface area contributed by atoms with Crippen molar-refractivity contribution in [3.63, 3.8) is 0 Å². The van der Waals surface area contributed by atoms with Gasteiger partial charge in [0.05, 0.1) is 16.9 Å². The molecule has 1 aliphatic heterocycles. The van der Waals surface area contributed by atoms with E-state index >= 15 is 0 Å². The molecule has 0 spiro atoms. The van der Waals surface area contributed by atoms with Gasteiger partial charge in [-0.3, -0.25) is 15.0 Å². The molecular formula is C17H21N3O4S. The lowest BCUT2D eigenvalue weighted by Gasteiger charge is -2.17. The second kappa shape index (κ2) is 7.47. The number of sulfonamides is 1. The number of rotatable bonds is 4. The van der Waals surface area contributed by atoms with Crippen LogP contribution in [0.2, 0.25) is 0 Å². The standard InChI is InChI=1S/C17H21N3O4S/c21-17(19-22)13-6-8-14(9-7-13)18-15-10-11-20(12-15)25(23,24)16-4-2-1-3-5-16/h1-6,8,13,15,22H,7,9-12H2,(H,19,21). The van der Waals surface area contributed by atoms with Crippen LogP contribution in [0.5, 0.6) is 0 Å². The number of hydrogen-bond donors (Lipinski definition) is 2. The fourth-order valence-corrected chi connectivity index (χ4v) is 4.64. The molecule has 2 N–H and O–H groups in total. The average Bonchev–Trinajstić information content (AvgIpc) is 3.12. The SMILES string of the molecule is O=C(NO)C1C=CC(=NC2CCN(S(=O)(=O)c3ccccc3)C2)CC1. The van der Waals surface area contributed by atoms with Gasteiger partial charge in [-0.2, -0.15) is 4.31 Å². The Bertz CT molecular complexity index is 789. The molecule has 1 aromatic rings. The molecule has 1 aromatic carbocycles. The third kappa shape index (κ3) is 3.97. The van der Waals surface area contributed by atoms with Crippen LogP contribution in [0.1, 0.15) is 19.3 Å². The van der Waals surface area contributed by atoms with Gasteiger partial charge >= 0.3 is 0 Å². The van der Waals surface area contributed by atoms with Crippen molar-refractivity contribution in [1.29, 1.82) is 0 Å². The van der Waals surface area contributed by atoms with Crippen LogP contribution in [0.15, 0.2) is 52.4 Å². The van der Waals surface area contributed by atoms with Gasteiger partial charge in [0.25, 0.3) is 0 Å². The Morgan fingerprint density at radius 1 is 1.24 bits per heavy atom. The summed E-state index contributed by atoms with van der Waals surface area (Å²) in [5, 5.41) is 8.66. The zero-order valence-electron chi connectivity index (χ0n) is 13.7. The molecule has 1 amide bonds. The topological polar surface area (TPSA) is 99.1 Å². The zero-order valence-corrected chi connectivity index (χ0v) is 14.5. The molecule has 1 heterocycles. The van der Waals surface area contributed by atoms with E-state index in [2.05, 4.69) is 4.99 Å². The number of hydrogen-bond acceptors (Lipinski definition) is 5. The first-order chi connectivity index (χ1) is 12.0. The molecular weight excluding hydrogens is 342 g/mol. The fourth-order valence-electron chi connectivity index (χ4n) is 3.13. The quantitative estimate of drug-likeness (QED) is 0.623. The molecule has 8 heteroatoms. The van der Waals surface area contributed by atoms with Crippen molar-refractivity contribution < 1.29 is 18.4 Å². The predicted octanol–water partition coefficient (Wildman–Crippen LogP) is 1.36. The van der Waals surface area contributed by atoms with E-state index < -0.39 is 15.9 Å². The van der Waals surface area contributed by atoms with Crippen LogP contribution in [0.3, 0.4) is 0 Å². The Balaban J connectivity index is 1.65. The molecule has 134 valence electrons. The smallest absolute Gasteiger partial charge is 0.250 e. The highest BCUT2D eigenvalue weighted by Crippen LogP contribution is 2.24. The molecule has 1 saturated heterocycles. The van der Waals surface area contributed by atoms with Crippen molar-refractivity contribution in [1.82, 2.24) is 9.79 Å². The van der Waals surface area contributed by atoms with Crippen molar-refractivity contribution in [2.75, 3.05) is 13.1 Å². The van der Waals surface area contributed by atoms with Gasteiger partial charge in [-0.1, -0.05) is 24.3 Å². The molecule has 2 aliphatic rings. The van der Waals surface area contributed by atoms with E-state index in [0.29, 0.717) is 37.2 Å². The normalized spacial score (nSPS) is 26.0. The van der Waals surface area contributed by atoms with Crippen molar-refractivity contribution in [3.8, 4) is 0 Å². The lowest BCUT2D eigenvalue weighted by Crippen LogP contribution is -2.30. The monoisotopic (exact) mass is 363 g/mol. The number of nitrogens with zero attached hydrogens (tertiary/aromatic N) is 2. The molecule has 2 unspecified atom stereocenters. The molecule has 0 radical (unpaired) electrons. The minimum Gasteiger partial charge on any atom is -0.289 e. The molecule has 7 nitrogen and oxygen atoms in total. The van der Waals surface area contributed by atoms with Gasteiger partial charge < -0.3 is 0 Å². The van der Waals surface area contributed by atoms with Gasteiger partial charge in [0.2, 0.25) is 15.9 Å². The van der Waals surface area contributed by atoms with Gasteiger partial charge in [0.1, 0.15) is 0 Å². The Morgan fingerprint density at radius 3 is 2.64 bits per heavy atom. The van der Waals surface area contributed by atoms with Crippen LogP contribution in [-0.4, -0.2) is 48.7 Å². The van der Waals surface area contributed by atoms with Gasteiger partial charge in [-0.15, -0.1) is 0 Å². The maximum absolute atomic E-state index is 12.6. The van der Waals surface area contributed by atoms with Crippen LogP contribution >= 0.6 is 0 Å². The summed E-state index contributed by atoms with van der Waals surface area (Å²) >= 11 is 0. The van der Waals surface area contributed by atoms with Gasteiger partial charge in [-0.05, 0) is 37.5 Å². The molecule has 2 atom stereocenters. The first-order valence-corrected chi connectivity index (χ1v) is 9.69. The van der Waals surface area contributed by atoms with E-state index in [4.69, 9.17) is 5.21 Å². The van der Waals surface area contributed by atoms with E-state index in [9.17, 15) is 13.2 Å². The van der Waals surface area contributed by atoms with E-state index in [1.807, 2.05) is 0 Å². The summed E-state index contributed by atoms with van der Waals surface area (Å²) in [7, 11) is -3.47. The largest absolute Gasteiger partial charge is 0.289 e. The predicted molar refractivity (Wildman–Crippen MR) is 92.8 cm³/mol. The van der Waals surface area contributed by atoms with Crippen LogP contribution in [-0.2, 0) is 14.8 Å². The molecule has 1 aliphatic carbocycles. The summed E-state index contributed by atoms with van der Waals surface area (Å²) in [4.78, 5) is 16.3. The average molecular weight is 363 g/mol. The molecule has 3 rings (SSSR count). The Kier molecular flexibility index (Phi) is 5.31. The third-order valence-corrected chi connectivity index (χ3v) is 6.41. The van der Waals surface area contributed by atoms with Crippen LogP contribution in [0.4, 0.5) is 0 Å². The molecule has 0 aromatic heterocycles. The van der Waals surface area contributed by atoms with Crippen molar-refractivity contribution in [2.45, 2.75) is 30.2 Å². The Morgan fingerprint density at radius 2 is 2.00 bits per heavy atom. The summed E-state index contributed by atoms with van der Waals surface area (Å²) in [6, 6.07) is 8.35. The van der Waals surface area contributed by atoms with Crippen molar-refractivity contribution >= 4 is 21.6 Å². The second-order valence-corrected chi connectivity index (χ2v) is 8.16. The van der Waals surface area contributed by atoms with Crippen LogP contribution < -0.4 is 5.48 Å². The molecule has 0 bridgehead atoms. The third-order valence-electron chi connectivity index (χ3n) is 4.53. The van der Waals surface area contributed by atoms with Gasteiger partial charge in [0.15, 0.2) is 0 Å². The fraction of sp³-hybridized carbons (Fsp3) is 0.412. The summed E-state index contributed by atoms with van der Waals surface area (Å²) in [6.45, 7) is 0.826. The van der Waals surface area contributed by atoms with Crippen LogP contribution in [0, 0.1) is 5.92 Å². The lowest BCUT2D eigenvalue weighted by molar-refractivity contribution is -0.132. The summed E-state index contributed by atoms with van der Waals surface area (Å²) in [5.41, 5.74) is 2.52. The maximum Gasteiger partial charge on any atom is 0.250 e. The number of carbonyl (C=O) groups is 1. The summed E-state index contributed by atoms with van der Waals surface area (Å²) in [5.74, 6) is -0.765. The summed E-state index contributed by atoms with van der Waals surface area (Å²) < 4.78 is 26.7. The zero-order chi connectivity index (χ0) is 17.9. The maximum atomic E-state index is 12.6. The number of benzene rings is 1. The molecule has 25 heavy (non-hydrogen) atoms. The minimum absolute atomic E-state index is 0.0682. The van der Waals surface area contributed by atoms with E-state index in [-0.39, 0.29) is 12.0 Å². The van der Waals surface area contributed by atoms with Gasteiger partial charge in [0, 0.05) is 18.8 Å². The highest BCUT2D eigenvalue weighted by Gasteiger charge is 2.32. The van der Waals surface area contributed by atoms with E-state index in [1.54, 1.807) is 48.0 Å². The van der Waals surface area contributed by atoms with E-state index in [0.717, 1.165) is 5.71 Å². The Labute approximate surface area is 147 Å². The molecule has 0 saturated carbocycles. The highest BCUT2D eigenvalue weighted by molar-refractivity contribution is 7.89. The number of aliphatic imine (C=N–C) groups is 1. The number of amides is 1. The number of hydroxylamine groups is 1.